The number of methoxy groups -OCH3 is 2. The van der Waals surface area contributed by atoms with Crippen molar-refractivity contribution >= 4 is 0 Å². The number of nitrogens with zero attached hydrogens (tertiary/aromatic N) is 2. The number of hydrogen-bond acceptors (Lipinski definition) is 5. The highest BCUT2D eigenvalue weighted by Crippen LogP contribution is 2.34. The van der Waals surface area contributed by atoms with Crippen LogP contribution in [0.25, 0.3) is 22.4 Å². The molecule has 26 heavy (non-hydrogen) atoms. The molecule has 0 unspecified atom stereocenters. The lowest BCUT2D eigenvalue weighted by atomic mass is 9.97. The molecular formula is C21H18N2O3. The fourth-order valence-electron chi connectivity index (χ4n) is 2.82. The third-order valence-electron chi connectivity index (χ3n) is 4.17. The Morgan fingerprint density at radius 3 is 2.50 bits per heavy atom. The molecule has 0 bridgehead atoms. The molecule has 0 saturated carbocycles. The minimum Gasteiger partial charge on any atom is -0.504 e. The van der Waals surface area contributed by atoms with Crippen molar-refractivity contribution in [2.24, 2.45) is 0 Å². The first kappa shape index (κ1) is 17.3. The van der Waals surface area contributed by atoms with Crippen molar-refractivity contribution in [3.63, 3.8) is 0 Å². The average molecular weight is 346 g/mol. The maximum atomic E-state index is 9.81. The summed E-state index contributed by atoms with van der Waals surface area (Å²) in [7, 11) is 3.11. The fraction of sp³-hybridized carbons (Fsp3) is 0.143. The van der Waals surface area contributed by atoms with Gasteiger partial charge in [-0.3, -0.25) is 4.98 Å². The normalized spacial score (nSPS) is 10.2. The lowest BCUT2D eigenvalue weighted by molar-refractivity contribution is 0.373. The van der Waals surface area contributed by atoms with Crippen molar-refractivity contribution in [3.8, 4) is 45.7 Å². The number of aryl methyl sites for hydroxylation is 1. The minimum atomic E-state index is 0.0645. The second kappa shape index (κ2) is 7.16. The zero-order chi connectivity index (χ0) is 18.7. The average Bonchev–Trinajstić information content (AvgIpc) is 2.67. The lowest BCUT2D eigenvalue weighted by Crippen LogP contribution is -1.96. The predicted molar refractivity (Wildman–Crippen MR) is 99.3 cm³/mol. The number of aromatic nitrogens is 1. The molecule has 0 radical (unpaired) electrons. The van der Waals surface area contributed by atoms with E-state index in [4.69, 9.17) is 9.47 Å². The van der Waals surface area contributed by atoms with E-state index in [0.717, 1.165) is 16.7 Å². The molecule has 3 aromatic rings. The van der Waals surface area contributed by atoms with E-state index < -0.39 is 0 Å². The van der Waals surface area contributed by atoms with Gasteiger partial charge in [-0.2, -0.15) is 5.26 Å². The van der Waals surface area contributed by atoms with Gasteiger partial charge < -0.3 is 14.6 Å². The van der Waals surface area contributed by atoms with Crippen molar-refractivity contribution in [2.75, 3.05) is 14.2 Å². The third-order valence-corrected chi connectivity index (χ3v) is 4.17. The van der Waals surface area contributed by atoms with E-state index in [1.165, 1.54) is 7.11 Å². The summed E-state index contributed by atoms with van der Waals surface area (Å²) < 4.78 is 10.5. The molecule has 5 nitrogen and oxygen atoms in total. The van der Waals surface area contributed by atoms with E-state index >= 15 is 0 Å². The second-order valence-corrected chi connectivity index (χ2v) is 5.75. The summed E-state index contributed by atoms with van der Waals surface area (Å²) in [4.78, 5) is 4.56. The van der Waals surface area contributed by atoms with Crippen LogP contribution in [0.5, 0.6) is 17.2 Å². The summed E-state index contributed by atoms with van der Waals surface area (Å²) in [6, 6.07) is 16.7. The Morgan fingerprint density at radius 2 is 1.81 bits per heavy atom. The Morgan fingerprint density at radius 1 is 1.00 bits per heavy atom. The van der Waals surface area contributed by atoms with Gasteiger partial charge in [-0.25, -0.2) is 0 Å². The van der Waals surface area contributed by atoms with Gasteiger partial charge >= 0.3 is 0 Å². The van der Waals surface area contributed by atoms with Crippen LogP contribution < -0.4 is 9.47 Å². The van der Waals surface area contributed by atoms with E-state index in [-0.39, 0.29) is 5.75 Å². The van der Waals surface area contributed by atoms with Crippen LogP contribution >= 0.6 is 0 Å². The number of phenols is 1. The first-order chi connectivity index (χ1) is 12.6. The van der Waals surface area contributed by atoms with E-state index in [9.17, 15) is 10.4 Å². The maximum absolute atomic E-state index is 9.81. The number of benzene rings is 2. The molecule has 2 aromatic carbocycles. The summed E-state index contributed by atoms with van der Waals surface area (Å²) in [6.45, 7) is 1.81. The highest BCUT2D eigenvalue weighted by molar-refractivity contribution is 5.77. The number of rotatable bonds is 4. The van der Waals surface area contributed by atoms with Gasteiger partial charge in [0.25, 0.3) is 0 Å². The number of aromatic hydroxyl groups is 1. The summed E-state index contributed by atoms with van der Waals surface area (Å²) in [6.07, 6.45) is 0. The van der Waals surface area contributed by atoms with E-state index in [2.05, 4.69) is 11.1 Å². The van der Waals surface area contributed by atoms with Gasteiger partial charge in [-0.1, -0.05) is 12.1 Å². The Balaban J connectivity index is 2.21. The number of pyridine rings is 1. The molecule has 1 heterocycles. The molecule has 0 spiro atoms. The smallest absolute Gasteiger partial charge is 0.161 e. The summed E-state index contributed by atoms with van der Waals surface area (Å²) >= 11 is 0. The SMILES string of the molecule is COc1cccc(-c2cc(-c3ccc(O)c(OC)c3)nc(C)c2C#N)c1. The molecule has 1 aromatic heterocycles. The van der Waals surface area contributed by atoms with Crippen molar-refractivity contribution in [3.05, 3.63) is 59.8 Å². The van der Waals surface area contributed by atoms with Gasteiger partial charge in [-0.05, 0) is 48.9 Å². The number of phenolic OH excluding ortho intramolecular Hbond substituents is 1. The quantitative estimate of drug-likeness (QED) is 0.761. The predicted octanol–water partition coefficient (Wildman–Crippen LogP) is 4.32. The molecule has 0 fully saturated rings. The van der Waals surface area contributed by atoms with Crippen molar-refractivity contribution in [2.45, 2.75) is 6.92 Å². The van der Waals surface area contributed by atoms with Crippen molar-refractivity contribution < 1.29 is 14.6 Å². The molecule has 0 aliphatic heterocycles. The highest BCUT2D eigenvalue weighted by Gasteiger charge is 2.14. The van der Waals surface area contributed by atoms with E-state index in [1.54, 1.807) is 25.3 Å². The van der Waals surface area contributed by atoms with Gasteiger partial charge in [0.2, 0.25) is 0 Å². The zero-order valence-electron chi connectivity index (χ0n) is 14.8. The van der Waals surface area contributed by atoms with E-state index in [1.807, 2.05) is 37.3 Å². The van der Waals surface area contributed by atoms with Gasteiger partial charge in [-0.15, -0.1) is 0 Å². The van der Waals surface area contributed by atoms with Gasteiger partial charge in [0.05, 0.1) is 31.2 Å². The van der Waals surface area contributed by atoms with Crippen molar-refractivity contribution in [1.29, 1.82) is 5.26 Å². The number of nitriles is 1. The van der Waals surface area contributed by atoms with Crippen LogP contribution in [0.3, 0.4) is 0 Å². The van der Waals surface area contributed by atoms with Gasteiger partial charge in [0.1, 0.15) is 11.8 Å². The molecule has 0 atom stereocenters. The molecule has 5 heteroatoms. The Kier molecular flexibility index (Phi) is 4.76. The Bertz CT molecular complexity index is 1010. The largest absolute Gasteiger partial charge is 0.504 e. The molecule has 0 aliphatic rings. The first-order valence-electron chi connectivity index (χ1n) is 8.01. The number of ether oxygens (including phenoxy) is 2. The topological polar surface area (TPSA) is 75.4 Å². The highest BCUT2D eigenvalue weighted by atomic mass is 16.5. The second-order valence-electron chi connectivity index (χ2n) is 5.75. The third kappa shape index (κ3) is 3.17. The molecule has 3 rings (SSSR count). The van der Waals surface area contributed by atoms with Crippen molar-refractivity contribution in [1.82, 2.24) is 4.98 Å². The van der Waals surface area contributed by atoms with Crippen LogP contribution in [0.4, 0.5) is 0 Å². The van der Waals surface area contributed by atoms with Crippen LogP contribution in [0.15, 0.2) is 48.5 Å². The van der Waals surface area contributed by atoms with Crippen LogP contribution in [-0.2, 0) is 0 Å². The molecule has 0 aliphatic carbocycles. The van der Waals surface area contributed by atoms with Gasteiger partial charge in [0, 0.05) is 11.1 Å². The first-order valence-corrected chi connectivity index (χ1v) is 8.01. The monoisotopic (exact) mass is 346 g/mol. The zero-order valence-corrected chi connectivity index (χ0v) is 14.8. The van der Waals surface area contributed by atoms with Crippen LogP contribution in [0, 0.1) is 18.3 Å². The molecule has 1 N–H and O–H groups in total. The van der Waals surface area contributed by atoms with E-state index in [0.29, 0.717) is 28.5 Å². The van der Waals surface area contributed by atoms with Crippen LogP contribution in [0.1, 0.15) is 11.3 Å². The molecule has 0 amide bonds. The molecule has 0 saturated heterocycles. The fourth-order valence-corrected chi connectivity index (χ4v) is 2.82. The summed E-state index contributed by atoms with van der Waals surface area (Å²) in [5, 5.41) is 19.4. The Labute approximate surface area is 152 Å². The van der Waals surface area contributed by atoms with Crippen LogP contribution in [-0.4, -0.2) is 24.3 Å². The molecular weight excluding hydrogens is 328 g/mol. The molecule has 130 valence electrons. The summed E-state index contributed by atoms with van der Waals surface area (Å²) in [5.74, 6) is 1.15. The standard InChI is InChI=1S/C21H18N2O3/c1-13-18(12-22)17(14-5-4-6-16(9-14)25-2)11-19(23-13)15-7-8-20(24)21(10-15)26-3/h4-11,24H,1-3H3. The lowest BCUT2D eigenvalue weighted by Gasteiger charge is -2.12. The van der Waals surface area contributed by atoms with Crippen LogP contribution in [0.2, 0.25) is 0 Å². The Hall–Kier alpha value is -3.52. The maximum Gasteiger partial charge on any atom is 0.161 e. The summed E-state index contributed by atoms with van der Waals surface area (Å²) in [5.41, 5.74) is 4.29. The minimum absolute atomic E-state index is 0.0645. The van der Waals surface area contributed by atoms with Gasteiger partial charge in [0.15, 0.2) is 11.5 Å². The number of hydrogen-bond donors (Lipinski definition) is 1.